The van der Waals surface area contributed by atoms with Gasteiger partial charge in [-0.25, -0.2) is 0 Å². The second-order valence-electron chi connectivity index (χ2n) is 4.91. The van der Waals surface area contributed by atoms with E-state index in [4.69, 9.17) is 40.5 Å². The van der Waals surface area contributed by atoms with E-state index in [2.05, 4.69) is 5.32 Å². The van der Waals surface area contributed by atoms with Crippen molar-refractivity contribution in [2.45, 2.75) is 12.5 Å². The lowest BCUT2D eigenvalue weighted by molar-refractivity contribution is -0.115. The van der Waals surface area contributed by atoms with E-state index in [9.17, 15) is 4.79 Å². The lowest BCUT2D eigenvalue weighted by Crippen LogP contribution is -2.12. The quantitative estimate of drug-likeness (QED) is 0.860. The molecule has 108 valence electrons. The van der Waals surface area contributed by atoms with Gasteiger partial charge in [0, 0.05) is 10.7 Å². The Morgan fingerprint density at radius 2 is 1.81 bits per heavy atom. The monoisotopic (exact) mass is 340 g/mol. The summed E-state index contributed by atoms with van der Waals surface area (Å²) in [5, 5.41) is 4.18. The van der Waals surface area contributed by atoms with Gasteiger partial charge in [0.1, 0.15) is 0 Å². The number of benzene rings is 2. The third-order valence-electron chi connectivity index (χ3n) is 3.49. The van der Waals surface area contributed by atoms with Gasteiger partial charge in [0.15, 0.2) is 0 Å². The van der Waals surface area contributed by atoms with Crippen molar-refractivity contribution in [2.75, 3.05) is 5.32 Å². The van der Waals surface area contributed by atoms with Crippen LogP contribution >= 0.6 is 34.8 Å². The maximum atomic E-state index is 11.4. The summed E-state index contributed by atoms with van der Waals surface area (Å²) < 4.78 is 0. The molecule has 1 heterocycles. The smallest absolute Gasteiger partial charge is 0.228 e. The van der Waals surface area contributed by atoms with Crippen molar-refractivity contribution >= 4 is 46.4 Å². The van der Waals surface area contributed by atoms with Gasteiger partial charge in [-0.1, -0.05) is 40.9 Å². The molecule has 3 rings (SSSR count). The molecule has 0 saturated heterocycles. The number of fused-ring (bicyclic) bond motifs is 1. The highest BCUT2D eigenvalue weighted by atomic mass is 35.5. The Labute approximate surface area is 137 Å². The van der Waals surface area contributed by atoms with Gasteiger partial charge in [0.25, 0.3) is 0 Å². The van der Waals surface area contributed by atoms with Crippen LogP contribution in [0, 0.1) is 0 Å². The first-order valence-electron chi connectivity index (χ1n) is 6.28. The van der Waals surface area contributed by atoms with Gasteiger partial charge < -0.3 is 11.1 Å². The summed E-state index contributed by atoms with van der Waals surface area (Å²) >= 11 is 18.2. The molecule has 2 aromatic carbocycles. The van der Waals surface area contributed by atoms with Crippen molar-refractivity contribution in [1.82, 2.24) is 0 Å². The third-order valence-corrected chi connectivity index (χ3v) is 4.55. The zero-order chi connectivity index (χ0) is 15.1. The highest BCUT2D eigenvalue weighted by Gasteiger charge is 2.22. The van der Waals surface area contributed by atoms with Crippen LogP contribution < -0.4 is 11.1 Å². The van der Waals surface area contributed by atoms with Crippen molar-refractivity contribution in [3.8, 4) is 0 Å². The van der Waals surface area contributed by atoms with Crippen molar-refractivity contribution < 1.29 is 4.79 Å². The van der Waals surface area contributed by atoms with Crippen LogP contribution in [0.1, 0.15) is 22.7 Å². The second-order valence-corrected chi connectivity index (χ2v) is 6.13. The predicted molar refractivity (Wildman–Crippen MR) is 86.3 cm³/mol. The fourth-order valence-corrected chi connectivity index (χ4v) is 2.98. The number of halogens is 3. The Balaban J connectivity index is 2.02. The number of amides is 1. The fourth-order valence-electron chi connectivity index (χ4n) is 2.39. The number of carbonyl (C=O) groups excluding carboxylic acids is 1. The van der Waals surface area contributed by atoms with Crippen molar-refractivity contribution in [1.29, 1.82) is 0 Å². The Bertz CT molecular complexity index is 746. The van der Waals surface area contributed by atoms with Gasteiger partial charge in [-0.3, -0.25) is 4.79 Å². The highest BCUT2D eigenvalue weighted by molar-refractivity contribution is 6.42. The molecule has 3 N–H and O–H groups in total. The number of anilines is 1. The Morgan fingerprint density at radius 1 is 1.05 bits per heavy atom. The topological polar surface area (TPSA) is 55.1 Å². The summed E-state index contributed by atoms with van der Waals surface area (Å²) in [4.78, 5) is 11.4. The Morgan fingerprint density at radius 3 is 2.52 bits per heavy atom. The second kappa shape index (κ2) is 5.50. The van der Waals surface area contributed by atoms with E-state index in [1.165, 1.54) is 0 Å². The van der Waals surface area contributed by atoms with E-state index in [0.29, 0.717) is 21.5 Å². The molecule has 0 aliphatic carbocycles. The zero-order valence-electron chi connectivity index (χ0n) is 10.8. The van der Waals surface area contributed by atoms with Crippen LogP contribution in [0.3, 0.4) is 0 Å². The lowest BCUT2D eigenvalue weighted by Gasteiger charge is -2.16. The zero-order valence-corrected chi connectivity index (χ0v) is 13.1. The molecule has 0 bridgehead atoms. The summed E-state index contributed by atoms with van der Waals surface area (Å²) in [5.41, 5.74) is 9.48. The van der Waals surface area contributed by atoms with Crippen LogP contribution in [0.25, 0.3) is 0 Å². The SMILES string of the molecule is NC(c1ccc(Cl)c(Cl)c1)c1cc2c(cc1Cl)NC(=O)C2. The standard InChI is InChI=1S/C15H11Cl3N2O/c16-10-2-1-7(4-12(10)18)15(19)9-3-8-5-14(21)20-13(8)6-11(9)17/h1-4,6,15H,5,19H2,(H,20,21). The molecule has 6 heteroatoms. The van der Waals surface area contributed by atoms with Crippen molar-refractivity contribution in [3.63, 3.8) is 0 Å². The van der Waals surface area contributed by atoms with Gasteiger partial charge >= 0.3 is 0 Å². The minimum atomic E-state index is -0.437. The molecule has 0 spiro atoms. The van der Waals surface area contributed by atoms with E-state index < -0.39 is 6.04 Å². The number of carbonyl (C=O) groups is 1. The number of hydrogen-bond donors (Lipinski definition) is 2. The molecule has 2 aromatic rings. The van der Waals surface area contributed by atoms with Gasteiger partial charge in [-0.15, -0.1) is 0 Å². The summed E-state index contributed by atoms with van der Waals surface area (Å²) in [6.07, 6.45) is 0.341. The largest absolute Gasteiger partial charge is 0.325 e. The van der Waals surface area contributed by atoms with Crippen LogP contribution in [0.15, 0.2) is 30.3 Å². The molecule has 1 unspecified atom stereocenters. The minimum absolute atomic E-state index is 0.0404. The van der Waals surface area contributed by atoms with Crippen LogP contribution in [0.5, 0.6) is 0 Å². The molecular weight excluding hydrogens is 331 g/mol. The molecule has 1 amide bonds. The number of hydrogen-bond acceptors (Lipinski definition) is 2. The number of nitrogens with two attached hydrogens (primary N) is 1. The highest BCUT2D eigenvalue weighted by Crippen LogP contribution is 2.35. The molecule has 0 fully saturated rings. The Hall–Kier alpha value is -1.26. The molecular formula is C15H11Cl3N2O. The van der Waals surface area contributed by atoms with E-state index in [0.717, 1.165) is 22.4 Å². The predicted octanol–water partition coefficient (Wildman–Crippen LogP) is 4.19. The molecule has 21 heavy (non-hydrogen) atoms. The molecule has 0 saturated carbocycles. The summed E-state index contributed by atoms with van der Waals surface area (Å²) in [6, 6.07) is 8.39. The summed E-state index contributed by atoms with van der Waals surface area (Å²) in [6.45, 7) is 0. The Kier molecular flexibility index (Phi) is 3.84. The summed E-state index contributed by atoms with van der Waals surface area (Å²) in [5.74, 6) is -0.0404. The van der Waals surface area contributed by atoms with Crippen LogP contribution in [-0.2, 0) is 11.2 Å². The normalized spacial score (nSPS) is 14.8. The van der Waals surface area contributed by atoms with Crippen LogP contribution in [-0.4, -0.2) is 5.91 Å². The molecule has 3 nitrogen and oxygen atoms in total. The molecule has 0 radical (unpaired) electrons. The van der Waals surface area contributed by atoms with Crippen molar-refractivity contribution in [3.05, 3.63) is 62.1 Å². The van der Waals surface area contributed by atoms with Crippen molar-refractivity contribution in [2.24, 2.45) is 5.73 Å². The van der Waals surface area contributed by atoms with Crippen LogP contribution in [0.2, 0.25) is 15.1 Å². The average Bonchev–Trinajstić information content (AvgIpc) is 2.79. The minimum Gasteiger partial charge on any atom is -0.325 e. The molecule has 1 atom stereocenters. The van der Waals surface area contributed by atoms with Gasteiger partial charge in [0.2, 0.25) is 5.91 Å². The fraction of sp³-hybridized carbons (Fsp3) is 0.133. The van der Waals surface area contributed by atoms with E-state index in [-0.39, 0.29) is 5.91 Å². The first kappa shape index (κ1) is 14.7. The number of rotatable bonds is 2. The maximum absolute atomic E-state index is 11.4. The lowest BCUT2D eigenvalue weighted by atomic mass is 9.97. The third kappa shape index (κ3) is 2.74. The summed E-state index contributed by atoms with van der Waals surface area (Å²) in [7, 11) is 0. The van der Waals surface area contributed by atoms with Gasteiger partial charge in [0.05, 0.1) is 22.5 Å². The van der Waals surface area contributed by atoms with E-state index in [1.54, 1.807) is 18.2 Å². The maximum Gasteiger partial charge on any atom is 0.228 e. The van der Waals surface area contributed by atoms with E-state index in [1.807, 2.05) is 12.1 Å². The average molecular weight is 342 g/mol. The van der Waals surface area contributed by atoms with Crippen LogP contribution in [0.4, 0.5) is 5.69 Å². The number of nitrogens with one attached hydrogen (secondary N) is 1. The van der Waals surface area contributed by atoms with E-state index >= 15 is 0 Å². The molecule has 1 aliphatic rings. The molecule has 1 aliphatic heterocycles. The molecule has 0 aromatic heterocycles. The first-order valence-corrected chi connectivity index (χ1v) is 7.42. The van der Waals surface area contributed by atoms with Gasteiger partial charge in [-0.05, 0) is 41.0 Å². The van der Waals surface area contributed by atoms with Gasteiger partial charge in [-0.2, -0.15) is 0 Å². The first-order chi connectivity index (χ1) is 9.95.